The molecule has 4 rings (SSSR count). The molecule has 0 aliphatic heterocycles. The molecule has 0 saturated carbocycles. The van der Waals surface area contributed by atoms with E-state index in [9.17, 15) is 4.79 Å². The molecular formula is C23H25N5OS3. The van der Waals surface area contributed by atoms with Crippen molar-refractivity contribution in [3.63, 3.8) is 0 Å². The van der Waals surface area contributed by atoms with Crippen LogP contribution in [0.3, 0.4) is 0 Å². The number of hydrogen-bond donors (Lipinski definition) is 1. The molecule has 1 unspecified atom stereocenters. The number of carbonyl (C=O) groups is 1. The zero-order valence-corrected chi connectivity index (χ0v) is 20.6. The molecule has 0 spiro atoms. The number of fused-ring (bicyclic) bond motifs is 1. The smallest absolute Gasteiger partial charge is 0.233 e. The minimum atomic E-state index is -0.273. The average molecular weight is 484 g/mol. The summed E-state index contributed by atoms with van der Waals surface area (Å²) in [5.74, 6) is 1.89. The van der Waals surface area contributed by atoms with Crippen molar-refractivity contribution in [2.75, 3.05) is 6.54 Å². The highest BCUT2D eigenvalue weighted by Gasteiger charge is 2.21. The highest BCUT2D eigenvalue weighted by atomic mass is 32.2. The number of benzene rings is 2. The number of aromatic nitrogens is 4. The number of nitrogens with one attached hydrogen (secondary N) is 1. The fourth-order valence-electron chi connectivity index (χ4n) is 3.01. The lowest BCUT2D eigenvalue weighted by Crippen LogP contribution is -2.33. The van der Waals surface area contributed by atoms with Crippen LogP contribution in [0, 0.1) is 5.92 Å². The second-order valence-electron chi connectivity index (χ2n) is 7.71. The van der Waals surface area contributed by atoms with Crippen molar-refractivity contribution in [3.8, 4) is 5.69 Å². The van der Waals surface area contributed by atoms with Crippen LogP contribution in [0.25, 0.3) is 15.9 Å². The van der Waals surface area contributed by atoms with E-state index < -0.39 is 0 Å². The van der Waals surface area contributed by atoms with Crippen LogP contribution in [0.5, 0.6) is 0 Å². The summed E-state index contributed by atoms with van der Waals surface area (Å²) in [6.45, 7) is 6.73. The van der Waals surface area contributed by atoms with Crippen molar-refractivity contribution < 1.29 is 4.79 Å². The second-order valence-corrected chi connectivity index (χ2v) is 11.3. The third-order valence-corrected chi connectivity index (χ3v) is 7.87. The number of thioether (sulfide) groups is 2. The van der Waals surface area contributed by atoms with Crippen molar-refractivity contribution in [1.82, 2.24) is 25.1 Å². The van der Waals surface area contributed by atoms with Crippen molar-refractivity contribution in [2.45, 2.75) is 41.3 Å². The van der Waals surface area contributed by atoms with E-state index >= 15 is 0 Å². The largest absolute Gasteiger partial charge is 0.355 e. The Labute approximate surface area is 200 Å². The molecule has 2 aromatic heterocycles. The minimum Gasteiger partial charge on any atom is -0.355 e. The van der Waals surface area contributed by atoms with Crippen LogP contribution in [-0.4, -0.2) is 37.5 Å². The van der Waals surface area contributed by atoms with Gasteiger partial charge in [-0.05, 0) is 37.1 Å². The van der Waals surface area contributed by atoms with E-state index in [1.165, 1.54) is 16.5 Å². The molecule has 4 aromatic rings. The standard InChI is InChI=1S/C23H25N5OS3/c1-15(2)13-24-21(29)16(3)31-22-27-26-20(28(22)17-9-5-4-6-10-17)14-30-23-25-18-11-7-8-12-19(18)32-23/h4-12,15-16H,13-14H2,1-3H3,(H,24,29). The maximum Gasteiger partial charge on any atom is 0.233 e. The molecule has 1 N–H and O–H groups in total. The van der Waals surface area contributed by atoms with Gasteiger partial charge in [-0.3, -0.25) is 9.36 Å². The SMILES string of the molecule is CC(C)CNC(=O)C(C)Sc1nnc(CSc2nc3ccccc3s2)n1-c1ccccc1. The Morgan fingerprint density at radius 2 is 1.81 bits per heavy atom. The van der Waals surface area contributed by atoms with Crippen LogP contribution < -0.4 is 5.32 Å². The molecule has 9 heteroatoms. The molecule has 6 nitrogen and oxygen atoms in total. The Morgan fingerprint density at radius 3 is 2.56 bits per heavy atom. The van der Waals surface area contributed by atoms with Gasteiger partial charge in [-0.1, -0.05) is 67.7 Å². The first-order valence-electron chi connectivity index (χ1n) is 10.4. The first-order chi connectivity index (χ1) is 15.5. The maximum absolute atomic E-state index is 12.5. The normalized spacial score (nSPS) is 12.4. The molecule has 0 fully saturated rings. The fourth-order valence-corrected chi connectivity index (χ4v) is 5.90. The Bertz CT molecular complexity index is 1160. The molecule has 166 valence electrons. The van der Waals surface area contributed by atoms with Crippen molar-refractivity contribution in [3.05, 3.63) is 60.4 Å². The van der Waals surface area contributed by atoms with Gasteiger partial charge in [0.25, 0.3) is 0 Å². The lowest BCUT2D eigenvalue weighted by molar-refractivity contribution is -0.120. The molecule has 1 amide bonds. The van der Waals surface area contributed by atoms with Gasteiger partial charge in [0.05, 0.1) is 21.2 Å². The lowest BCUT2D eigenvalue weighted by Gasteiger charge is -2.14. The predicted octanol–water partition coefficient (Wildman–Crippen LogP) is 5.42. The summed E-state index contributed by atoms with van der Waals surface area (Å²) >= 11 is 4.76. The third-order valence-electron chi connectivity index (χ3n) is 4.65. The highest BCUT2D eigenvalue weighted by molar-refractivity contribution is 8.00. The molecule has 2 heterocycles. The van der Waals surface area contributed by atoms with Crippen molar-refractivity contribution >= 4 is 51.0 Å². The summed E-state index contributed by atoms with van der Waals surface area (Å²) in [5, 5.41) is 12.3. The van der Waals surface area contributed by atoms with Gasteiger partial charge < -0.3 is 5.32 Å². The van der Waals surface area contributed by atoms with E-state index in [2.05, 4.69) is 35.4 Å². The van der Waals surface area contributed by atoms with Gasteiger partial charge in [-0.15, -0.1) is 21.5 Å². The molecular weight excluding hydrogens is 458 g/mol. The van der Waals surface area contributed by atoms with Crippen LogP contribution >= 0.6 is 34.9 Å². The van der Waals surface area contributed by atoms with Gasteiger partial charge in [0.1, 0.15) is 5.82 Å². The Morgan fingerprint density at radius 1 is 1.06 bits per heavy atom. The first kappa shape index (κ1) is 22.8. The van der Waals surface area contributed by atoms with E-state index in [0.29, 0.717) is 23.4 Å². The maximum atomic E-state index is 12.5. The molecule has 0 radical (unpaired) electrons. The summed E-state index contributed by atoms with van der Waals surface area (Å²) < 4.78 is 4.22. The van der Waals surface area contributed by atoms with E-state index in [0.717, 1.165) is 21.4 Å². The average Bonchev–Trinajstić information content (AvgIpc) is 3.39. The van der Waals surface area contributed by atoms with Gasteiger partial charge >= 0.3 is 0 Å². The summed E-state index contributed by atoms with van der Waals surface area (Å²) in [6, 6.07) is 18.2. The Hall–Kier alpha value is -2.36. The number of para-hydroxylation sites is 2. The third kappa shape index (κ3) is 5.51. The van der Waals surface area contributed by atoms with Gasteiger partial charge in [-0.2, -0.15) is 0 Å². The quantitative estimate of drug-likeness (QED) is 0.320. The summed E-state index contributed by atoms with van der Waals surface area (Å²) in [7, 11) is 0. The zero-order valence-electron chi connectivity index (χ0n) is 18.2. The van der Waals surface area contributed by atoms with Gasteiger partial charge in [0.2, 0.25) is 5.91 Å². The molecule has 0 saturated heterocycles. The Kier molecular flexibility index (Phi) is 7.49. The van der Waals surface area contributed by atoms with Crippen LogP contribution in [0.2, 0.25) is 0 Å². The number of thiazole rings is 1. The van der Waals surface area contributed by atoms with E-state index in [1.807, 2.05) is 60.0 Å². The van der Waals surface area contributed by atoms with Gasteiger partial charge in [0.15, 0.2) is 9.50 Å². The van der Waals surface area contributed by atoms with Crippen molar-refractivity contribution in [1.29, 1.82) is 0 Å². The van der Waals surface area contributed by atoms with Crippen LogP contribution in [0.4, 0.5) is 0 Å². The zero-order chi connectivity index (χ0) is 22.5. The van der Waals surface area contributed by atoms with E-state index in [-0.39, 0.29) is 11.2 Å². The summed E-state index contributed by atoms with van der Waals surface area (Å²) in [5.41, 5.74) is 2.00. The molecule has 0 aliphatic rings. The number of carbonyl (C=O) groups excluding carboxylic acids is 1. The fraction of sp³-hybridized carbons (Fsp3) is 0.304. The monoisotopic (exact) mass is 483 g/mol. The number of nitrogens with zero attached hydrogens (tertiary/aromatic N) is 4. The topological polar surface area (TPSA) is 72.7 Å². The van der Waals surface area contributed by atoms with Crippen LogP contribution in [-0.2, 0) is 10.5 Å². The molecule has 2 aromatic carbocycles. The van der Waals surface area contributed by atoms with Crippen LogP contribution in [0.1, 0.15) is 26.6 Å². The molecule has 0 bridgehead atoms. The number of hydrogen-bond acceptors (Lipinski definition) is 7. The van der Waals surface area contributed by atoms with Gasteiger partial charge in [-0.25, -0.2) is 4.98 Å². The summed E-state index contributed by atoms with van der Waals surface area (Å²) in [6.07, 6.45) is 0. The Balaban J connectivity index is 1.54. The number of amides is 1. The lowest BCUT2D eigenvalue weighted by atomic mass is 10.2. The summed E-state index contributed by atoms with van der Waals surface area (Å²) in [4.78, 5) is 17.2. The highest BCUT2D eigenvalue weighted by Crippen LogP contribution is 2.33. The predicted molar refractivity (Wildman–Crippen MR) is 134 cm³/mol. The minimum absolute atomic E-state index is 0.0108. The van der Waals surface area contributed by atoms with Gasteiger partial charge in [0, 0.05) is 12.2 Å². The van der Waals surface area contributed by atoms with Crippen molar-refractivity contribution in [2.24, 2.45) is 5.92 Å². The number of rotatable bonds is 9. The van der Waals surface area contributed by atoms with Crippen LogP contribution in [0.15, 0.2) is 64.1 Å². The van der Waals surface area contributed by atoms with E-state index in [1.54, 1.807) is 23.1 Å². The second kappa shape index (κ2) is 10.5. The molecule has 32 heavy (non-hydrogen) atoms. The molecule has 1 atom stereocenters. The molecule has 0 aliphatic carbocycles. The first-order valence-corrected chi connectivity index (χ1v) is 13.1. The van der Waals surface area contributed by atoms with E-state index in [4.69, 9.17) is 4.98 Å².